The van der Waals surface area contributed by atoms with Gasteiger partial charge in [0.15, 0.2) is 6.10 Å². The van der Waals surface area contributed by atoms with Crippen LogP contribution in [0, 0.1) is 0 Å². The van der Waals surface area contributed by atoms with Crippen LogP contribution in [0.3, 0.4) is 0 Å². The van der Waals surface area contributed by atoms with Crippen LogP contribution in [-0.2, 0) is 26.1 Å². The number of methoxy groups -OCH3 is 2. The maximum atomic E-state index is 12.8. The molecule has 0 saturated carbocycles. The van der Waals surface area contributed by atoms with Crippen molar-refractivity contribution in [3.8, 4) is 11.5 Å². The van der Waals surface area contributed by atoms with Gasteiger partial charge in [0.25, 0.3) is 5.91 Å². The minimum absolute atomic E-state index is 0.0329. The van der Waals surface area contributed by atoms with Crippen LogP contribution in [0.4, 0.5) is 0 Å². The molecule has 9 nitrogen and oxygen atoms in total. The van der Waals surface area contributed by atoms with E-state index >= 15 is 0 Å². The number of hydrogen-bond donors (Lipinski definition) is 2. The molecule has 2 aromatic rings. The molecule has 2 aromatic carbocycles. The molecule has 0 heterocycles. The lowest BCUT2D eigenvalue weighted by atomic mass is 10.1. The predicted molar refractivity (Wildman–Crippen MR) is 123 cm³/mol. The van der Waals surface area contributed by atoms with Crippen molar-refractivity contribution in [2.24, 2.45) is 0 Å². The molecular weight excluding hydrogens is 448 g/mol. The first-order valence-corrected chi connectivity index (χ1v) is 11.7. The number of hydrogen-bond acceptors (Lipinski definition) is 7. The second-order valence-corrected chi connectivity index (χ2v) is 9.95. The molecule has 0 aliphatic carbocycles. The predicted octanol–water partition coefficient (Wildman–Crippen LogP) is 2.64. The normalized spacial score (nSPS) is 12.5. The number of rotatable bonds is 9. The highest BCUT2D eigenvalue weighted by atomic mass is 32.2. The van der Waals surface area contributed by atoms with Crippen molar-refractivity contribution in [3.05, 3.63) is 53.6 Å². The molecule has 1 atom stereocenters. The molecule has 0 saturated heterocycles. The lowest BCUT2D eigenvalue weighted by Gasteiger charge is -2.21. The number of esters is 1. The molecule has 0 fully saturated rings. The van der Waals surface area contributed by atoms with E-state index in [1.54, 1.807) is 32.9 Å². The number of carbonyl (C=O) groups excluding carboxylic acids is 2. The van der Waals surface area contributed by atoms with Gasteiger partial charge in [0, 0.05) is 17.6 Å². The van der Waals surface area contributed by atoms with E-state index < -0.39 is 33.5 Å². The van der Waals surface area contributed by atoms with Gasteiger partial charge in [-0.2, -0.15) is 0 Å². The zero-order valence-electron chi connectivity index (χ0n) is 19.6. The summed E-state index contributed by atoms with van der Waals surface area (Å²) in [5.74, 6) is -0.654. The van der Waals surface area contributed by atoms with E-state index in [0.717, 1.165) is 11.6 Å². The summed E-state index contributed by atoms with van der Waals surface area (Å²) in [6.45, 7) is 6.70. The lowest BCUT2D eigenvalue weighted by molar-refractivity contribution is -0.129. The first kappa shape index (κ1) is 26.1. The Morgan fingerprint density at radius 1 is 1.00 bits per heavy atom. The van der Waals surface area contributed by atoms with Gasteiger partial charge in [-0.05, 0) is 52.0 Å². The lowest BCUT2D eigenvalue weighted by Crippen LogP contribution is -2.40. The molecule has 2 N–H and O–H groups in total. The summed E-state index contributed by atoms with van der Waals surface area (Å²) in [4.78, 5) is 24.8. The molecule has 1 amide bonds. The first-order valence-electron chi connectivity index (χ1n) is 10.2. The van der Waals surface area contributed by atoms with Crippen molar-refractivity contribution in [3.63, 3.8) is 0 Å². The van der Waals surface area contributed by atoms with E-state index in [4.69, 9.17) is 14.2 Å². The second-order valence-electron chi connectivity index (χ2n) is 8.30. The van der Waals surface area contributed by atoms with Crippen LogP contribution in [0.15, 0.2) is 47.4 Å². The maximum Gasteiger partial charge on any atom is 0.338 e. The largest absolute Gasteiger partial charge is 0.496 e. The highest BCUT2D eigenvalue weighted by Crippen LogP contribution is 2.26. The van der Waals surface area contributed by atoms with Gasteiger partial charge >= 0.3 is 5.97 Å². The summed E-state index contributed by atoms with van der Waals surface area (Å²) < 4.78 is 43.7. The Hall–Kier alpha value is -3.11. The van der Waals surface area contributed by atoms with E-state index in [0.29, 0.717) is 5.75 Å². The minimum atomic E-state index is -3.98. The summed E-state index contributed by atoms with van der Waals surface area (Å²) in [7, 11) is -1.12. The highest BCUT2D eigenvalue weighted by Gasteiger charge is 2.27. The maximum absolute atomic E-state index is 12.8. The van der Waals surface area contributed by atoms with Crippen LogP contribution in [0.1, 0.15) is 43.6 Å². The van der Waals surface area contributed by atoms with Gasteiger partial charge < -0.3 is 19.5 Å². The first-order chi connectivity index (χ1) is 15.4. The molecule has 1 unspecified atom stereocenters. The van der Waals surface area contributed by atoms with E-state index in [9.17, 15) is 18.0 Å². The average Bonchev–Trinajstić information content (AvgIpc) is 2.75. The van der Waals surface area contributed by atoms with Crippen LogP contribution in [0.25, 0.3) is 0 Å². The number of amides is 1. The van der Waals surface area contributed by atoms with Crippen molar-refractivity contribution in [2.45, 2.75) is 50.8 Å². The van der Waals surface area contributed by atoms with Crippen molar-refractivity contribution in [1.82, 2.24) is 10.0 Å². The number of carbonyl (C=O) groups is 2. The standard InChI is InChI=1S/C23H30N2O7S/c1-15(21(26)24-14-17-9-7-8-10-18(17)30-5)32-22(27)16-11-12-19(31-6)20(13-16)33(28,29)25-23(2,3)4/h7-13,15,25H,14H2,1-6H3,(H,24,26). The Morgan fingerprint density at radius 2 is 1.64 bits per heavy atom. The number of para-hydroxylation sites is 1. The molecule has 0 aliphatic rings. The molecule has 2 rings (SSSR count). The molecule has 33 heavy (non-hydrogen) atoms. The third-order valence-electron chi connectivity index (χ3n) is 4.43. The summed E-state index contributed by atoms with van der Waals surface area (Å²) in [5, 5.41) is 2.69. The van der Waals surface area contributed by atoms with Crippen molar-refractivity contribution < 1.29 is 32.2 Å². The minimum Gasteiger partial charge on any atom is -0.496 e. The third kappa shape index (κ3) is 7.19. The van der Waals surface area contributed by atoms with Gasteiger partial charge in [-0.25, -0.2) is 17.9 Å². The van der Waals surface area contributed by atoms with Gasteiger partial charge in [0.05, 0.1) is 19.8 Å². The highest BCUT2D eigenvalue weighted by molar-refractivity contribution is 7.89. The van der Waals surface area contributed by atoms with Crippen molar-refractivity contribution in [2.75, 3.05) is 14.2 Å². The number of benzene rings is 2. The molecular formula is C23H30N2O7S. The van der Waals surface area contributed by atoms with E-state index in [2.05, 4.69) is 10.0 Å². The van der Waals surface area contributed by atoms with Crippen LogP contribution >= 0.6 is 0 Å². The molecule has 0 aromatic heterocycles. The Morgan fingerprint density at radius 3 is 2.24 bits per heavy atom. The summed E-state index contributed by atoms with van der Waals surface area (Å²) in [6, 6.07) is 11.1. The smallest absolute Gasteiger partial charge is 0.338 e. The Kier molecular flexibility index (Phi) is 8.45. The Balaban J connectivity index is 2.13. The van der Waals surface area contributed by atoms with Crippen LogP contribution in [0.5, 0.6) is 11.5 Å². The molecule has 0 bridgehead atoms. The van der Waals surface area contributed by atoms with Crippen molar-refractivity contribution >= 4 is 21.9 Å². The van der Waals surface area contributed by atoms with E-state index in [-0.39, 0.29) is 22.8 Å². The molecule has 0 spiro atoms. The molecule has 180 valence electrons. The monoisotopic (exact) mass is 478 g/mol. The zero-order chi connectivity index (χ0) is 24.8. The quantitative estimate of drug-likeness (QED) is 0.532. The molecule has 0 radical (unpaired) electrons. The van der Waals surface area contributed by atoms with Gasteiger partial charge in [-0.1, -0.05) is 18.2 Å². The van der Waals surface area contributed by atoms with Crippen LogP contribution in [-0.4, -0.2) is 46.2 Å². The Labute approximate surface area is 194 Å². The van der Waals surface area contributed by atoms with Crippen molar-refractivity contribution in [1.29, 1.82) is 0 Å². The second kappa shape index (κ2) is 10.7. The third-order valence-corrected chi connectivity index (χ3v) is 6.21. The average molecular weight is 479 g/mol. The number of ether oxygens (including phenoxy) is 3. The SMILES string of the molecule is COc1ccccc1CNC(=O)C(C)OC(=O)c1ccc(OC)c(S(=O)(=O)NC(C)(C)C)c1. The summed E-state index contributed by atoms with van der Waals surface area (Å²) in [6.07, 6.45) is -1.11. The van der Waals surface area contributed by atoms with Gasteiger partial charge in [0.1, 0.15) is 16.4 Å². The van der Waals surface area contributed by atoms with Gasteiger partial charge in [-0.15, -0.1) is 0 Å². The van der Waals surface area contributed by atoms with Crippen LogP contribution < -0.4 is 19.5 Å². The zero-order valence-corrected chi connectivity index (χ0v) is 20.4. The number of sulfonamides is 1. The Bertz CT molecular complexity index is 1110. The summed E-state index contributed by atoms with van der Waals surface area (Å²) in [5.41, 5.74) is -0.00770. The van der Waals surface area contributed by atoms with Crippen LogP contribution in [0.2, 0.25) is 0 Å². The van der Waals surface area contributed by atoms with Gasteiger partial charge in [0.2, 0.25) is 10.0 Å². The molecule has 0 aliphatic heterocycles. The topological polar surface area (TPSA) is 120 Å². The van der Waals surface area contributed by atoms with E-state index in [1.165, 1.54) is 33.3 Å². The summed E-state index contributed by atoms with van der Waals surface area (Å²) >= 11 is 0. The van der Waals surface area contributed by atoms with Gasteiger partial charge in [-0.3, -0.25) is 4.79 Å². The van der Waals surface area contributed by atoms with E-state index in [1.807, 2.05) is 12.1 Å². The fourth-order valence-electron chi connectivity index (χ4n) is 2.93. The fraction of sp³-hybridized carbons (Fsp3) is 0.391. The molecule has 10 heteroatoms. The number of nitrogens with one attached hydrogen (secondary N) is 2. The fourth-order valence-corrected chi connectivity index (χ4v) is 4.54.